The van der Waals surface area contributed by atoms with Crippen LogP contribution in [0.25, 0.3) is 0 Å². The maximum atomic E-state index is 14.3. The molecule has 0 unspecified atom stereocenters. The molecule has 0 aromatic heterocycles. The van der Waals surface area contributed by atoms with Gasteiger partial charge in [-0.15, -0.1) is 0 Å². The summed E-state index contributed by atoms with van der Waals surface area (Å²) in [5.74, 6) is 0. The Balaban J connectivity index is 2.41. The van der Waals surface area contributed by atoms with Crippen molar-refractivity contribution in [2.45, 2.75) is 37.8 Å². The second-order valence-electron chi connectivity index (χ2n) is 5.87. The molecule has 1 aromatic carbocycles. The molecule has 0 aliphatic carbocycles. The standard InChI is InChI=1S/C14H20ClFO2Si/c1-14(10-19(2,3)16,13-17-8-9-18-13)11-6-4-5-7-12(11)15/h4-7,13H,8-10H2,1-3H3/t14-/m1/s1. The smallest absolute Gasteiger partial charge is 0.242 e. The summed E-state index contributed by atoms with van der Waals surface area (Å²) < 4.78 is 25.6. The Labute approximate surface area is 120 Å². The van der Waals surface area contributed by atoms with Crippen LogP contribution in [0.5, 0.6) is 0 Å². The molecule has 0 spiro atoms. The third kappa shape index (κ3) is 3.37. The van der Waals surface area contributed by atoms with Gasteiger partial charge in [-0.1, -0.05) is 36.7 Å². The molecule has 1 heterocycles. The molecule has 19 heavy (non-hydrogen) atoms. The van der Waals surface area contributed by atoms with Crippen LogP contribution >= 0.6 is 11.6 Å². The Morgan fingerprint density at radius 3 is 2.42 bits per heavy atom. The third-order valence-electron chi connectivity index (χ3n) is 3.42. The van der Waals surface area contributed by atoms with Gasteiger partial charge in [-0.2, -0.15) is 0 Å². The Kier molecular flexibility index (Phi) is 4.35. The molecule has 106 valence electrons. The van der Waals surface area contributed by atoms with Crippen LogP contribution in [0.1, 0.15) is 12.5 Å². The van der Waals surface area contributed by atoms with E-state index in [1.807, 2.05) is 31.2 Å². The van der Waals surface area contributed by atoms with Crippen LogP contribution in [-0.2, 0) is 14.9 Å². The molecule has 1 saturated heterocycles. The summed E-state index contributed by atoms with van der Waals surface area (Å²) in [5.41, 5.74) is 0.362. The fraction of sp³-hybridized carbons (Fsp3) is 0.571. The zero-order valence-electron chi connectivity index (χ0n) is 11.6. The van der Waals surface area contributed by atoms with Gasteiger partial charge >= 0.3 is 0 Å². The van der Waals surface area contributed by atoms with Crippen molar-refractivity contribution < 1.29 is 13.6 Å². The molecule has 1 fully saturated rings. The minimum Gasteiger partial charge on any atom is -0.349 e. The molecule has 2 rings (SSSR count). The normalized spacial score (nSPS) is 20.5. The van der Waals surface area contributed by atoms with Gasteiger partial charge in [-0.25, -0.2) is 0 Å². The molecule has 0 radical (unpaired) electrons. The van der Waals surface area contributed by atoms with E-state index in [-0.39, 0.29) is 0 Å². The third-order valence-corrected chi connectivity index (χ3v) is 5.32. The zero-order valence-corrected chi connectivity index (χ0v) is 13.3. The first-order valence-corrected chi connectivity index (χ1v) is 9.96. The van der Waals surface area contributed by atoms with Crippen LogP contribution in [0.4, 0.5) is 4.11 Å². The topological polar surface area (TPSA) is 18.5 Å². The van der Waals surface area contributed by atoms with Crippen LogP contribution in [0.15, 0.2) is 24.3 Å². The molecular weight excluding hydrogens is 283 g/mol. The van der Waals surface area contributed by atoms with Crippen molar-refractivity contribution in [1.82, 2.24) is 0 Å². The highest BCUT2D eigenvalue weighted by Gasteiger charge is 2.46. The fourth-order valence-corrected chi connectivity index (χ4v) is 5.28. The Hall–Kier alpha value is -0.423. The van der Waals surface area contributed by atoms with E-state index < -0.39 is 20.1 Å². The van der Waals surface area contributed by atoms with E-state index in [1.165, 1.54) is 0 Å². The molecule has 1 aliphatic rings. The van der Waals surface area contributed by atoms with E-state index in [4.69, 9.17) is 21.1 Å². The summed E-state index contributed by atoms with van der Waals surface area (Å²) in [6.07, 6.45) is -0.421. The number of hydrogen-bond donors (Lipinski definition) is 0. The van der Waals surface area contributed by atoms with Crippen molar-refractivity contribution in [3.05, 3.63) is 34.9 Å². The van der Waals surface area contributed by atoms with Gasteiger partial charge in [0.15, 0.2) is 6.29 Å². The fourth-order valence-electron chi connectivity index (χ4n) is 2.83. The number of benzene rings is 1. The van der Waals surface area contributed by atoms with Crippen molar-refractivity contribution in [2.75, 3.05) is 13.2 Å². The molecule has 0 bridgehead atoms. The van der Waals surface area contributed by atoms with E-state index >= 15 is 0 Å². The molecule has 5 heteroatoms. The lowest BCUT2D eigenvalue weighted by Crippen LogP contribution is -2.43. The second kappa shape index (κ2) is 5.52. The lowest BCUT2D eigenvalue weighted by molar-refractivity contribution is -0.0892. The zero-order chi connectivity index (χ0) is 14.1. The number of rotatable bonds is 4. The first-order valence-electron chi connectivity index (χ1n) is 6.50. The molecule has 1 atom stereocenters. The SMILES string of the molecule is C[C@@](C[Si](C)(C)F)(c1ccccc1Cl)C1OCCO1. The van der Waals surface area contributed by atoms with Crippen molar-refractivity contribution in [3.63, 3.8) is 0 Å². The summed E-state index contributed by atoms with van der Waals surface area (Å²) in [5, 5.41) is 0.641. The molecule has 0 N–H and O–H groups in total. The number of hydrogen-bond acceptors (Lipinski definition) is 2. The van der Waals surface area contributed by atoms with Crippen molar-refractivity contribution in [1.29, 1.82) is 0 Å². The molecule has 1 aliphatic heterocycles. The quantitative estimate of drug-likeness (QED) is 0.614. The number of ether oxygens (including phenoxy) is 2. The van der Waals surface area contributed by atoms with Crippen LogP contribution in [-0.4, -0.2) is 27.9 Å². The van der Waals surface area contributed by atoms with E-state index in [9.17, 15) is 4.11 Å². The average Bonchev–Trinajstić information content (AvgIpc) is 2.80. The van der Waals surface area contributed by atoms with Crippen LogP contribution < -0.4 is 0 Å². The maximum absolute atomic E-state index is 14.3. The van der Waals surface area contributed by atoms with Crippen LogP contribution in [0.2, 0.25) is 24.2 Å². The first kappa shape index (κ1) is 15.0. The van der Waals surface area contributed by atoms with Gasteiger partial charge in [0, 0.05) is 10.4 Å². The van der Waals surface area contributed by atoms with Gasteiger partial charge in [-0.05, 0) is 30.8 Å². The largest absolute Gasteiger partial charge is 0.349 e. The lowest BCUT2D eigenvalue weighted by atomic mass is 9.83. The van der Waals surface area contributed by atoms with Gasteiger partial charge in [0.1, 0.15) is 0 Å². The average molecular weight is 303 g/mol. The predicted octanol–water partition coefficient (Wildman–Crippen LogP) is 4.15. The van der Waals surface area contributed by atoms with Gasteiger partial charge in [-0.3, -0.25) is 0 Å². The van der Waals surface area contributed by atoms with Gasteiger partial charge < -0.3 is 13.6 Å². The van der Waals surface area contributed by atoms with Gasteiger partial charge in [0.2, 0.25) is 8.41 Å². The summed E-state index contributed by atoms with van der Waals surface area (Å²) in [4.78, 5) is 0. The Bertz CT molecular complexity index is 443. The maximum Gasteiger partial charge on any atom is 0.242 e. The minimum absolute atomic E-state index is 0.421. The van der Waals surface area contributed by atoms with Gasteiger partial charge in [0.25, 0.3) is 0 Å². The highest BCUT2D eigenvalue weighted by atomic mass is 35.5. The summed E-state index contributed by atoms with van der Waals surface area (Å²) >= 11 is 6.30. The minimum atomic E-state index is -2.78. The first-order chi connectivity index (χ1) is 8.83. The van der Waals surface area contributed by atoms with Crippen molar-refractivity contribution in [3.8, 4) is 0 Å². The van der Waals surface area contributed by atoms with Crippen molar-refractivity contribution >= 4 is 20.0 Å². The van der Waals surface area contributed by atoms with Crippen molar-refractivity contribution in [2.24, 2.45) is 0 Å². The highest BCUT2D eigenvalue weighted by molar-refractivity contribution is 6.70. The molecule has 0 saturated carbocycles. The van der Waals surface area contributed by atoms with Gasteiger partial charge in [0.05, 0.1) is 13.2 Å². The Morgan fingerprint density at radius 2 is 1.89 bits per heavy atom. The summed E-state index contributed by atoms with van der Waals surface area (Å²) in [6, 6.07) is 7.99. The molecule has 0 amide bonds. The van der Waals surface area contributed by atoms with Crippen LogP contribution in [0, 0.1) is 0 Å². The number of halogens is 2. The van der Waals surface area contributed by atoms with E-state index in [2.05, 4.69) is 0 Å². The molecule has 2 nitrogen and oxygen atoms in total. The monoisotopic (exact) mass is 302 g/mol. The lowest BCUT2D eigenvalue weighted by Gasteiger charge is -2.37. The predicted molar refractivity (Wildman–Crippen MR) is 77.9 cm³/mol. The summed E-state index contributed by atoms with van der Waals surface area (Å²) in [7, 11) is -2.78. The highest BCUT2D eigenvalue weighted by Crippen LogP contribution is 2.42. The Morgan fingerprint density at radius 1 is 1.32 bits per heavy atom. The second-order valence-corrected chi connectivity index (χ2v) is 10.1. The molecule has 1 aromatic rings. The van der Waals surface area contributed by atoms with E-state index in [1.54, 1.807) is 13.1 Å². The van der Waals surface area contributed by atoms with Crippen LogP contribution in [0.3, 0.4) is 0 Å². The van der Waals surface area contributed by atoms with E-state index in [0.29, 0.717) is 24.3 Å². The van der Waals surface area contributed by atoms with E-state index in [0.717, 1.165) is 5.56 Å². The molecular formula is C14H20ClFO2Si. The summed E-state index contributed by atoms with van der Waals surface area (Å²) in [6.45, 7) is 6.50.